The number of nitrogens with zero attached hydrogens (tertiary/aromatic N) is 1. The number of carbonyl (C=O) groups is 2. The third-order valence-corrected chi connectivity index (χ3v) is 4.91. The molecule has 0 unspecified atom stereocenters. The summed E-state index contributed by atoms with van der Waals surface area (Å²) in [6.07, 6.45) is 3.91. The topological polar surface area (TPSA) is 66.8 Å². The highest BCUT2D eigenvalue weighted by Crippen LogP contribution is 2.36. The van der Waals surface area contributed by atoms with Crippen LogP contribution in [0.25, 0.3) is 0 Å². The Morgan fingerprint density at radius 2 is 1.78 bits per heavy atom. The Kier molecular flexibility index (Phi) is 4.55. The number of amides is 1. The molecule has 0 saturated heterocycles. The molecule has 0 bridgehead atoms. The quantitative estimate of drug-likeness (QED) is 0.876. The lowest BCUT2D eigenvalue weighted by Gasteiger charge is -2.26. The monoisotopic (exact) mass is 317 g/mol. The lowest BCUT2D eigenvalue weighted by Crippen LogP contribution is -2.36. The molecule has 3 rings (SSSR count). The van der Waals surface area contributed by atoms with E-state index in [2.05, 4.69) is 0 Å². The maximum absolute atomic E-state index is 12.8. The lowest BCUT2D eigenvalue weighted by molar-refractivity contribution is -0.141. The van der Waals surface area contributed by atoms with Crippen LogP contribution >= 0.6 is 0 Å². The van der Waals surface area contributed by atoms with E-state index in [9.17, 15) is 9.59 Å². The minimum atomic E-state index is -0.770. The minimum Gasteiger partial charge on any atom is -0.497 e. The van der Waals surface area contributed by atoms with Crippen molar-refractivity contribution in [2.75, 3.05) is 7.11 Å². The highest BCUT2D eigenvalue weighted by molar-refractivity contribution is 5.81. The largest absolute Gasteiger partial charge is 0.497 e. The molecule has 0 aromatic heterocycles. The van der Waals surface area contributed by atoms with Crippen LogP contribution in [-0.4, -0.2) is 35.0 Å². The molecule has 0 spiro atoms. The average Bonchev–Trinajstić information content (AvgIpc) is 3.27. The van der Waals surface area contributed by atoms with E-state index in [0.29, 0.717) is 31.8 Å². The van der Waals surface area contributed by atoms with E-state index < -0.39 is 5.97 Å². The van der Waals surface area contributed by atoms with Crippen molar-refractivity contribution in [2.45, 2.75) is 44.7 Å². The third kappa shape index (κ3) is 3.66. The van der Waals surface area contributed by atoms with E-state index in [0.717, 1.165) is 24.2 Å². The first-order valence-corrected chi connectivity index (χ1v) is 8.24. The number of ether oxygens (including phenoxy) is 1. The first-order chi connectivity index (χ1) is 11.1. The fourth-order valence-corrected chi connectivity index (χ4v) is 3.37. The smallest absolute Gasteiger partial charge is 0.306 e. The number of carboxylic acid groups (broad SMARTS) is 1. The Bertz CT molecular complexity index is 579. The molecule has 2 aliphatic carbocycles. The first-order valence-electron chi connectivity index (χ1n) is 8.24. The number of benzene rings is 1. The number of carboxylic acids is 1. The van der Waals surface area contributed by atoms with Crippen molar-refractivity contribution in [3.8, 4) is 5.75 Å². The molecule has 0 heterocycles. The summed E-state index contributed by atoms with van der Waals surface area (Å²) in [5, 5.41) is 9.12. The number of rotatable bonds is 6. The van der Waals surface area contributed by atoms with Gasteiger partial charge in [0.05, 0.1) is 13.0 Å². The predicted molar refractivity (Wildman–Crippen MR) is 85.0 cm³/mol. The second-order valence-corrected chi connectivity index (χ2v) is 6.59. The number of hydrogen-bond acceptors (Lipinski definition) is 3. The maximum Gasteiger partial charge on any atom is 0.306 e. The second-order valence-electron chi connectivity index (χ2n) is 6.59. The zero-order valence-electron chi connectivity index (χ0n) is 13.4. The van der Waals surface area contributed by atoms with Gasteiger partial charge >= 0.3 is 5.97 Å². The van der Waals surface area contributed by atoms with Crippen molar-refractivity contribution in [1.82, 2.24) is 4.90 Å². The van der Waals surface area contributed by atoms with Gasteiger partial charge in [0.25, 0.3) is 0 Å². The lowest BCUT2D eigenvalue weighted by atomic mass is 10.0. The van der Waals surface area contributed by atoms with Gasteiger partial charge in [-0.1, -0.05) is 12.1 Å². The van der Waals surface area contributed by atoms with Gasteiger partial charge in [-0.15, -0.1) is 0 Å². The van der Waals surface area contributed by atoms with E-state index in [4.69, 9.17) is 9.84 Å². The number of methoxy groups -OCH3 is 1. The Hall–Kier alpha value is -2.04. The van der Waals surface area contributed by atoms with Crippen molar-refractivity contribution in [3.05, 3.63) is 29.8 Å². The highest BCUT2D eigenvalue weighted by Gasteiger charge is 2.40. The molecule has 2 saturated carbocycles. The normalized spacial score (nSPS) is 23.5. The zero-order chi connectivity index (χ0) is 16.4. The van der Waals surface area contributed by atoms with E-state index in [1.807, 2.05) is 29.2 Å². The Morgan fingerprint density at radius 3 is 2.30 bits per heavy atom. The molecule has 1 aromatic rings. The van der Waals surface area contributed by atoms with Crippen molar-refractivity contribution < 1.29 is 19.4 Å². The van der Waals surface area contributed by atoms with Gasteiger partial charge in [-0.05, 0) is 49.8 Å². The standard InChI is InChI=1S/C18H23NO4/c1-23-16-8-2-12(3-9-16)11-19(15-6-7-15)17(20)13-4-5-14(10-13)18(21)22/h2-3,8-9,13-15H,4-7,10-11H2,1H3,(H,21,22)/t13-,14+/m1/s1. The number of carbonyl (C=O) groups excluding carboxylic acids is 1. The molecule has 5 heteroatoms. The molecular weight excluding hydrogens is 294 g/mol. The maximum atomic E-state index is 12.8. The van der Waals surface area contributed by atoms with Crippen LogP contribution < -0.4 is 4.74 Å². The van der Waals surface area contributed by atoms with Crippen LogP contribution in [0.15, 0.2) is 24.3 Å². The van der Waals surface area contributed by atoms with Crippen LogP contribution in [0.3, 0.4) is 0 Å². The van der Waals surface area contributed by atoms with Gasteiger partial charge in [-0.25, -0.2) is 0 Å². The molecular formula is C18H23NO4. The van der Waals surface area contributed by atoms with Crippen LogP contribution in [-0.2, 0) is 16.1 Å². The van der Waals surface area contributed by atoms with Crippen molar-refractivity contribution >= 4 is 11.9 Å². The van der Waals surface area contributed by atoms with Gasteiger partial charge in [0.15, 0.2) is 0 Å². The second kappa shape index (κ2) is 6.60. The minimum absolute atomic E-state index is 0.130. The molecule has 1 amide bonds. The van der Waals surface area contributed by atoms with Gasteiger partial charge in [-0.3, -0.25) is 9.59 Å². The summed E-state index contributed by atoms with van der Waals surface area (Å²) < 4.78 is 5.16. The van der Waals surface area contributed by atoms with Crippen molar-refractivity contribution in [2.24, 2.45) is 11.8 Å². The number of hydrogen-bond donors (Lipinski definition) is 1. The Morgan fingerprint density at radius 1 is 1.13 bits per heavy atom. The summed E-state index contributed by atoms with van der Waals surface area (Å²) in [7, 11) is 1.63. The SMILES string of the molecule is COc1ccc(CN(C(=O)[C@@H]2CC[C@H](C(=O)O)C2)C2CC2)cc1. The summed E-state index contributed by atoms with van der Waals surface area (Å²) in [5.41, 5.74) is 1.08. The van der Waals surface area contributed by atoms with E-state index >= 15 is 0 Å². The molecule has 2 atom stereocenters. The third-order valence-electron chi connectivity index (χ3n) is 4.91. The van der Waals surface area contributed by atoms with Crippen molar-refractivity contribution in [3.63, 3.8) is 0 Å². The van der Waals surface area contributed by atoms with Crippen LogP contribution in [0.2, 0.25) is 0 Å². The van der Waals surface area contributed by atoms with Gasteiger partial charge < -0.3 is 14.7 Å². The summed E-state index contributed by atoms with van der Waals surface area (Å²) in [5.74, 6) is -0.320. The summed E-state index contributed by atoms with van der Waals surface area (Å²) >= 11 is 0. The molecule has 1 N–H and O–H groups in total. The molecule has 0 radical (unpaired) electrons. The number of aliphatic carboxylic acids is 1. The fourth-order valence-electron chi connectivity index (χ4n) is 3.37. The summed E-state index contributed by atoms with van der Waals surface area (Å²) in [6, 6.07) is 8.10. The van der Waals surface area contributed by atoms with Crippen molar-refractivity contribution in [1.29, 1.82) is 0 Å². The molecule has 2 aliphatic rings. The highest BCUT2D eigenvalue weighted by atomic mass is 16.5. The Balaban J connectivity index is 1.66. The van der Waals surface area contributed by atoms with Gasteiger partial charge in [-0.2, -0.15) is 0 Å². The van der Waals surface area contributed by atoms with Crippen LogP contribution in [0, 0.1) is 11.8 Å². The predicted octanol–water partition coefficient (Wildman–Crippen LogP) is 2.69. The summed E-state index contributed by atoms with van der Waals surface area (Å²) in [4.78, 5) is 25.9. The van der Waals surface area contributed by atoms with Gasteiger partial charge in [0.1, 0.15) is 5.75 Å². The molecule has 2 fully saturated rings. The first kappa shape index (κ1) is 15.8. The Labute approximate surface area is 136 Å². The van der Waals surface area contributed by atoms with Crippen LogP contribution in [0.5, 0.6) is 5.75 Å². The fraction of sp³-hybridized carbons (Fsp3) is 0.556. The van der Waals surface area contributed by atoms with Crippen LogP contribution in [0.4, 0.5) is 0 Å². The molecule has 5 nitrogen and oxygen atoms in total. The molecule has 0 aliphatic heterocycles. The van der Waals surface area contributed by atoms with E-state index in [1.165, 1.54) is 0 Å². The summed E-state index contributed by atoms with van der Waals surface area (Å²) in [6.45, 7) is 0.599. The van der Waals surface area contributed by atoms with Crippen LogP contribution in [0.1, 0.15) is 37.7 Å². The van der Waals surface area contributed by atoms with E-state index in [1.54, 1.807) is 7.11 Å². The molecule has 23 heavy (non-hydrogen) atoms. The van der Waals surface area contributed by atoms with Gasteiger partial charge in [0.2, 0.25) is 5.91 Å². The average molecular weight is 317 g/mol. The van der Waals surface area contributed by atoms with Gasteiger partial charge in [0, 0.05) is 18.5 Å². The molecule has 1 aromatic carbocycles. The zero-order valence-corrected chi connectivity index (χ0v) is 13.4. The molecule has 124 valence electrons. The van der Waals surface area contributed by atoms with E-state index in [-0.39, 0.29) is 17.7 Å².